The summed E-state index contributed by atoms with van der Waals surface area (Å²) < 4.78 is 0. The molecule has 0 radical (unpaired) electrons. The van der Waals surface area contributed by atoms with Gasteiger partial charge in [0.25, 0.3) is 0 Å². The second-order valence-electron chi connectivity index (χ2n) is 3.49. The van der Waals surface area contributed by atoms with Gasteiger partial charge in [0.1, 0.15) is 12.5 Å². The van der Waals surface area contributed by atoms with E-state index in [2.05, 4.69) is 38.1 Å². The Kier molecular flexibility index (Phi) is 8.03. The van der Waals surface area contributed by atoms with E-state index in [1.807, 2.05) is 12.9 Å². The van der Waals surface area contributed by atoms with E-state index in [1.54, 1.807) is 24.3 Å². The fourth-order valence-electron chi connectivity index (χ4n) is 1.06. The van der Waals surface area contributed by atoms with E-state index in [4.69, 9.17) is 9.90 Å². The number of rotatable bonds is 0. The highest BCUT2D eigenvalue weighted by molar-refractivity contribution is 5.19. The average molecular weight is 230 g/mol. The van der Waals surface area contributed by atoms with Crippen LogP contribution in [0.5, 0.6) is 5.75 Å². The van der Waals surface area contributed by atoms with Crippen LogP contribution in [0, 0.1) is 13.8 Å². The Morgan fingerprint density at radius 2 is 1.12 bits per heavy atom. The van der Waals surface area contributed by atoms with Gasteiger partial charge in [0.15, 0.2) is 0 Å². The monoisotopic (exact) mass is 230 g/mol. The molecule has 2 rings (SSSR count). The minimum atomic E-state index is 0.322. The highest BCUT2D eigenvalue weighted by atomic mass is 16.3. The molecule has 17 heavy (non-hydrogen) atoms. The van der Waals surface area contributed by atoms with Crippen LogP contribution in [-0.2, 0) is 4.79 Å². The molecule has 0 atom stereocenters. The second-order valence-corrected chi connectivity index (χ2v) is 3.49. The fourth-order valence-corrected chi connectivity index (χ4v) is 1.06. The molecule has 2 aromatic carbocycles. The lowest BCUT2D eigenvalue weighted by Crippen LogP contribution is -1.70. The molecule has 2 aromatic rings. The lowest BCUT2D eigenvalue weighted by atomic mass is 10.2. The normalized spacial score (nSPS) is 8.12. The van der Waals surface area contributed by atoms with Crippen LogP contribution >= 0.6 is 0 Å². The first-order chi connectivity index (χ1) is 8.18. The number of aryl methyl sites for hydroxylation is 2. The number of carbonyl (C=O) groups excluding carboxylic acids is 1. The van der Waals surface area contributed by atoms with Crippen LogP contribution < -0.4 is 0 Å². The number of carbonyl (C=O) groups is 1. The maximum atomic E-state index is 8.63. The minimum absolute atomic E-state index is 0.322. The van der Waals surface area contributed by atoms with Crippen LogP contribution in [0.15, 0.2) is 54.6 Å². The van der Waals surface area contributed by atoms with E-state index >= 15 is 0 Å². The van der Waals surface area contributed by atoms with Gasteiger partial charge in [0.05, 0.1) is 0 Å². The van der Waals surface area contributed by atoms with Gasteiger partial charge in [-0.05, 0) is 26.0 Å². The molecule has 0 heterocycles. The van der Waals surface area contributed by atoms with E-state index in [9.17, 15) is 0 Å². The van der Waals surface area contributed by atoms with E-state index in [-0.39, 0.29) is 0 Å². The molecular weight excluding hydrogens is 212 g/mol. The number of aromatic hydroxyl groups is 1. The van der Waals surface area contributed by atoms with E-state index in [0.717, 1.165) is 0 Å². The topological polar surface area (TPSA) is 37.3 Å². The van der Waals surface area contributed by atoms with Crippen molar-refractivity contribution in [2.24, 2.45) is 0 Å². The maximum Gasteiger partial charge on any atom is 0.115 e. The fraction of sp³-hybridized carbons (Fsp3) is 0.133. The van der Waals surface area contributed by atoms with Gasteiger partial charge in [0.2, 0.25) is 0 Å². The Labute approximate surface area is 103 Å². The summed E-state index contributed by atoms with van der Waals surface area (Å²) in [7, 11) is 0. The molecule has 0 saturated carbocycles. The van der Waals surface area contributed by atoms with Crippen molar-refractivity contribution in [3.05, 3.63) is 65.7 Å². The van der Waals surface area contributed by atoms with E-state index < -0.39 is 0 Å². The third kappa shape index (κ3) is 7.79. The molecular formula is C15H18O2. The third-order valence-electron chi connectivity index (χ3n) is 1.97. The van der Waals surface area contributed by atoms with Gasteiger partial charge in [-0.2, -0.15) is 0 Å². The van der Waals surface area contributed by atoms with Gasteiger partial charge in [-0.15, -0.1) is 0 Å². The first kappa shape index (κ1) is 14.9. The van der Waals surface area contributed by atoms with E-state index in [0.29, 0.717) is 5.75 Å². The number of para-hydroxylation sites is 1. The standard InChI is InChI=1S/C8H10.C6H6O.CH2O/c1-7-3-5-8(2)6-4-7;7-6-4-2-1-3-5-6;1-2/h3-6H,1-2H3;1-5,7H;1H2. The summed E-state index contributed by atoms with van der Waals surface area (Å²) in [6.45, 7) is 6.19. The molecule has 0 fully saturated rings. The molecule has 0 aliphatic carbocycles. The summed E-state index contributed by atoms with van der Waals surface area (Å²) in [5.41, 5.74) is 2.66. The van der Waals surface area contributed by atoms with Crippen LogP contribution in [0.2, 0.25) is 0 Å². The van der Waals surface area contributed by atoms with Gasteiger partial charge in [-0.3, -0.25) is 0 Å². The van der Waals surface area contributed by atoms with Crippen molar-refractivity contribution < 1.29 is 9.90 Å². The second kappa shape index (κ2) is 9.16. The SMILES string of the molecule is C=O.Cc1ccc(C)cc1.Oc1ccccc1. The van der Waals surface area contributed by atoms with Gasteiger partial charge in [-0.1, -0.05) is 53.6 Å². The summed E-state index contributed by atoms with van der Waals surface area (Å²) >= 11 is 0. The first-order valence-corrected chi connectivity index (χ1v) is 5.24. The molecule has 90 valence electrons. The molecule has 0 aliphatic rings. The van der Waals surface area contributed by atoms with E-state index in [1.165, 1.54) is 11.1 Å². The zero-order valence-electron chi connectivity index (χ0n) is 10.3. The minimum Gasteiger partial charge on any atom is -0.508 e. The average Bonchev–Trinajstić information content (AvgIpc) is 2.37. The van der Waals surface area contributed by atoms with Gasteiger partial charge in [-0.25, -0.2) is 0 Å². The molecule has 0 aliphatic heterocycles. The summed E-state index contributed by atoms with van der Waals surface area (Å²) in [4.78, 5) is 8.00. The lowest BCUT2D eigenvalue weighted by molar-refractivity contribution is -0.0979. The van der Waals surface area contributed by atoms with Crippen molar-refractivity contribution in [3.63, 3.8) is 0 Å². The Morgan fingerprint density at radius 3 is 1.35 bits per heavy atom. The lowest BCUT2D eigenvalue weighted by Gasteiger charge is -1.90. The Hall–Kier alpha value is -2.09. The quantitative estimate of drug-likeness (QED) is 0.752. The Balaban J connectivity index is 0.000000265. The molecule has 0 aromatic heterocycles. The summed E-state index contributed by atoms with van der Waals surface area (Å²) in [5, 5.41) is 8.63. The van der Waals surface area contributed by atoms with Crippen LogP contribution in [-0.4, -0.2) is 11.9 Å². The van der Waals surface area contributed by atoms with Crippen LogP contribution in [0.3, 0.4) is 0 Å². The zero-order chi connectivity index (χ0) is 13.1. The summed E-state index contributed by atoms with van der Waals surface area (Å²) in [5.74, 6) is 0.322. The smallest absolute Gasteiger partial charge is 0.115 e. The van der Waals surface area contributed by atoms with Crippen molar-refractivity contribution in [2.75, 3.05) is 0 Å². The predicted octanol–water partition coefficient (Wildman–Crippen LogP) is 3.51. The predicted molar refractivity (Wildman–Crippen MR) is 71.1 cm³/mol. The third-order valence-corrected chi connectivity index (χ3v) is 1.97. The molecule has 1 N–H and O–H groups in total. The Bertz CT molecular complexity index is 372. The molecule has 0 bridgehead atoms. The van der Waals surface area contributed by atoms with Crippen molar-refractivity contribution >= 4 is 6.79 Å². The summed E-state index contributed by atoms with van der Waals surface area (Å²) in [6.07, 6.45) is 0. The number of phenolic OH excluding ortho intramolecular Hbond substituents is 1. The summed E-state index contributed by atoms with van der Waals surface area (Å²) in [6, 6.07) is 17.2. The number of phenols is 1. The van der Waals surface area contributed by atoms with Crippen LogP contribution in [0.1, 0.15) is 11.1 Å². The number of hydrogen-bond acceptors (Lipinski definition) is 2. The van der Waals surface area contributed by atoms with Gasteiger partial charge < -0.3 is 9.90 Å². The first-order valence-electron chi connectivity index (χ1n) is 5.24. The number of benzene rings is 2. The maximum absolute atomic E-state index is 8.63. The Morgan fingerprint density at radius 1 is 0.765 bits per heavy atom. The molecule has 0 unspecified atom stereocenters. The van der Waals surface area contributed by atoms with Crippen molar-refractivity contribution in [2.45, 2.75) is 13.8 Å². The molecule has 2 heteroatoms. The molecule has 0 amide bonds. The highest BCUT2D eigenvalue weighted by Gasteiger charge is 1.79. The van der Waals surface area contributed by atoms with Gasteiger partial charge in [0, 0.05) is 0 Å². The van der Waals surface area contributed by atoms with Crippen molar-refractivity contribution in [3.8, 4) is 5.75 Å². The van der Waals surface area contributed by atoms with Crippen molar-refractivity contribution in [1.29, 1.82) is 0 Å². The van der Waals surface area contributed by atoms with Crippen LogP contribution in [0.25, 0.3) is 0 Å². The van der Waals surface area contributed by atoms with Gasteiger partial charge >= 0.3 is 0 Å². The molecule has 2 nitrogen and oxygen atoms in total. The molecule has 0 saturated heterocycles. The number of hydrogen-bond donors (Lipinski definition) is 1. The van der Waals surface area contributed by atoms with Crippen molar-refractivity contribution in [1.82, 2.24) is 0 Å². The molecule has 0 spiro atoms. The highest BCUT2D eigenvalue weighted by Crippen LogP contribution is 2.02. The zero-order valence-corrected chi connectivity index (χ0v) is 10.3. The van der Waals surface area contributed by atoms with Crippen LogP contribution in [0.4, 0.5) is 0 Å². The largest absolute Gasteiger partial charge is 0.508 e.